The molecule has 21 heavy (non-hydrogen) atoms. The van der Waals surface area contributed by atoms with E-state index in [9.17, 15) is 25.3 Å². The molecule has 0 spiro atoms. The van der Waals surface area contributed by atoms with E-state index < -0.39 is 16.0 Å². The highest BCUT2D eigenvalue weighted by atomic mass is 16.6. The molecule has 114 valence electrons. The highest BCUT2D eigenvalue weighted by molar-refractivity contribution is 5.49. The third kappa shape index (κ3) is 3.73. The number of aliphatic hydroxyl groups excluding tert-OH is 1. The summed E-state index contributed by atoms with van der Waals surface area (Å²) in [7, 11) is 0. The van der Waals surface area contributed by atoms with Crippen molar-refractivity contribution in [2.24, 2.45) is 0 Å². The second-order valence-corrected chi connectivity index (χ2v) is 5.17. The van der Waals surface area contributed by atoms with Gasteiger partial charge in [0, 0.05) is 24.2 Å². The molecule has 0 heterocycles. The lowest BCUT2D eigenvalue weighted by atomic mass is 9.92. The van der Waals surface area contributed by atoms with Crippen molar-refractivity contribution in [1.82, 2.24) is 5.32 Å². The van der Waals surface area contributed by atoms with Crippen LogP contribution in [-0.2, 0) is 6.54 Å². The molecule has 2 rings (SSSR count). The maximum atomic E-state index is 11.0. The summed E-state index contributed by atoms with van der Waals surface area (Å²) in [5.41, 5.74) is -0.200. The van der Waals surface area contributed by atoms with E-state index in [4.69, 9.17) is 0 Å². The number of hydrogen-bond acceptors (Lipinski definition) is 6. The molecule has 0 aromatic heterocycles. The van der Waals surface area contributed by atoms with Crippen molar-refractivity contribution in [2.75, 3.05) is 0 Å². The van der Waals surface area contributed by atoms with Gasteiger partial charge in [0.25, 0.3) is 11.4 Å². The Labute approximate surface area is 121 Å². The van der Waals surface area contributed by atoms with Crippen LogP contribution in [0.25, 0.3) is 0 Å². The first-order chi connectivity index (χ1) is 9.99. The molecule has 1 aromatic carbocycles. The van der Waals surface area contributed by atoms with Crippen LogP contribution in [0.5, 0.6) is 0 Å². The van der Waals surface area contributed by atoms with E-state index in [1.54, 1.807) is 0 Å². The summed E-state index contributed by atoms with van der Waals surface area (Å²) in [6.07, 6.45) is 3.09. The normalized spacial score (nSPS) is 22.0. The van der Waals surface area contributed by atoms with Gasteiger partial charge in [-0.3, -0.25) is 20.2 Å². The monoisotopic (exact) mass is 295 g/mol. The average Bonchev–Trinajstić information content (AvgIpc) is 2.46. The van der Waals surface area contributed by atoms with Crippen LogP contribution in [0.2, 0.25) is 0 Å². The fourth-order valence-electron chi connectivity index (χ4n) is 2.58. The zero-order chi connectivity index (χ0) is 15.4. The molecular weight excluding hydrogens is 278 g/mol. The maximum Gasteiger partial charge on any atom is 0.280 e. The van der Waals surface area contributed by atoms with E-state index in [0.29, 0.717) is 5.56 Å². The summed E-state index contributed by atoms with van der Waals surface area (Å²) >= 11 is 0. The number of hydrogen-bond donors (Lipinski definition) is 2. The van der Waals surface area contributed by atoms with Gasteiger partial charge < -0.3 is 10.4 Å². The van der Waals surface area contributed by atoms with Crippen LogP contribution in [0.15, 0.2) is 18.2 Å². The number of nitro benzene ring substituents is 2. The Morgan fingerprint density at radius 1 is 1.19 bits per heavy atom. The van der Waals surface area contributed by atoms with Crippen LogP contribution in [-0.4, -0.2) is 27.1 Å². The fraction of sp³-hybridized carbons (Fsp3) is 0.538. The fourth-order valence-corrected chi connectivity index (χ4v) is 2.58. The lowest BCUT2D eigenvalue weighted by Crippen LogP contribution is -2.41. The SMILES string of the molecule is O=[N+]([O-])c1ccc(CNC2CCCCC2O)c([N+](=O)[O-])c1. The Hall–Kier alpha value is -2.06. The van der Waals surface area contributed by atoms with Gasteiger partial charge >= 0.3 is 0 Å². The first-order valence-corrected chi connectivity index (χ1v) is 6.82. The Bertz CT molecular complexity index is 549. The lowest BCUT2D eigenvalue weighted by Gasteiger charge is -2.28. The van der Waals surface area contributed by atoms with Crippen LogP contribution in [0.4, 0.5) is 11.4 Å². The molecule has 1 saturated carbocycles. The number of nitrogens with zero attached hydrogens (tertiary/aromatic N) is 2. The van der Waals surface area contributed by atoms with Gasteiger partial charge in [0.1, 0.15) is 0 Å². The average molecular weight is 295 g/mol. The van der Waals surface area contributed by atoms with Gasteiger partial charge in [0.05, 0.1) is 22.0 Å². The second kappa shape index (κ2) is 6.59. The van der Waals surface area contributed by atoms with Crippen molar-refractivity contribution in [3.05, 3.63) is 44.0 Å². The van der Waals surface area contributed by atoms with Crippen LogP contribution in [0.1, 0.15) is 31.2 Å². The highest BCUT2D eigenvalue weighted by Crippen LogP contribution is 2.25. The van der Waals surface area contributed by atoms with Crippen molar-refractivity contribution < 1.29 is 15.0 Å². The van der Waals surface area contributed by atoms with Gasteiger partial charge in [-0.2, -0.15) is 0 Å². The van der Waals surface area contributed by atoms with Gasteiger partial charge in [0.2, 0.25) is 0 Å². The van der Waals surface area contributed by atoms with Crippen molar-refractivity contribution in [3.8, 4) is 0 Å². The number of benzene rings is 1. The smallest absolute Gasteiger partial charge is 0.280 e. The minimum absolute atomic E-state index is 0.0893. The summed E-state index contributed by atoms with van der Waals surface area (Å²) in [5, 5.41) is 34.7. The largest absolute Gasteiger partial charge is 0.392 e. The summed E-state index contributed by atoms with van der Waals surface area (Å²) in [5.74, 6) is 0. The van der Waals surface area contributed by atoms with E-state index in [0.717, 1.165) is 31.7 Å². The molecule has 0 aliphatic heterocycles. The van der Waals surface area contributed by atoms with Crippen molar-refractivity contribution >= 4 is 11.4 Å². The molecule has 8 nitrogen and oxygen atoms in total. The molecular formula is C13H17N3O5. The van der Waals surface area contributed by atoms with Gasteiger partial charge in [-0.05, 0) is 18.9 Å². The molecule has 0 amide bonds. The molecule has 2 N–H and O–H groups in total. The molecule has 0 saturated heterocycles. The zero-order valence-electron chi connectivity index (χ0n) is 11.4. The number of nitrogens with one attached hydrogen (secondary N) is 1. The first-order valence-electron chi connectivity index (χ1n) is 6.82. The summed E-state index contributed by atoms with van der Waals surface area (Å²) in [4.78, 5) is 20.4. The summed E-state index contributed by atoms with van der Waals surface area (Å²) in [6.45, 7) is 0.204. The Balaban J connectivity index is 2.11. The van der Waals surface area contributed by atoms with Crippen LogP contribution < -0.4 is 5.32 Å². The minimum atomic E-state index is -0.658. The molecule has 2 atom stereocenters. The van der Waals surface area contributed by atoms with E-state index in [1.165, 1.54) is 12.1 Å². The molecule has 0 radical (unpaired) electrons. The van der Waals surface area contributed by atoms with Crippen LogP contribution in [0, 0.1) is 20.2 Å². The topological polar surface area (TPSA) is 119 Å². The zero-order valence-corrected chi connectivity index (χ0v) is 11.4. The minimum Gasteiger partial charge on any atom is -0.392 e. The lowest BCUT2D eigenvalue weighted by molar-refractivity contribution is -0.394. The van der Waals surface area contributed by atoms with E-state index in [2.05, 4.69) is 5.32 Å². The van der Waals surface area contributed by atoms with Crippen molar-refractivity contribution in [1.29, 1.82) is 0 Å². The Morgan fingerprint density at radius 3 is 2.52 bits per heavy atom. The molecule has 2 unspecified atom stereocenters. The third-order valence-electron chi connectivity index (χ3n) is 3.76. The molecule has 1 aliphatic rings. The van der Waals surface area contributed by atoms with Crippen molar-refractivity contribution in [3.63, 3.8) is 0 Å². The Kier molecular flexibility index (Phi) is 4.81. The quantitative estimate of drug-likeness (QED) is 0.632. The van der Waals surface area contributed by atoms with Crippen LogP contribution >= 0.6 is 0 Å². The number of non-ortho nitro benzene ring substituents is 1. The second-order valence-electron chi connectivity index (χ2n) is 5.17. The third-order valence-corrected chi connectivity index (χ3v) is 3.76. The molecule has 1 fully saturated rings. The standard InChI is InChI=1S/C13H17N3O5/c17-13-4-2-1-3-11(13)14-8-9-5-6-10(15(18)19)7-12(9)16(20)21/h5-7,11,13-14,17H,1-4,8H2. The van der Waals surface area contributed by atoms with Gasteiger partial charge in [-0.15, -0.1) is 0 Å². The first kappa shape index (κ1) is 15.3. The van der Waals surface area contributed by atoms with Gasteiger partial charge in [-0.1, -0.05) is 12.8 Å². The molecule has 8 heteroatoms. The number of rotatable bonds is 5. The molecule has 1 aromatic rings. The summed E-state index contributed by atoms with van der Waals surface area (Å²) < 4.78 is 0. The van der Waals surface area contributed by atoms with Crippen LogP contribution in [0.3, 0.4) is 0 Å². The predicted molar refractivity (Wildman–Crippen MR) is 74.9 cm³/mol. The molecule has 1 aliphatic carbocycles. The van der Waals surface area contributed by atoms with E-state index in [1.807, 2.05) is 0 Å². The molecule has 0 bridgehead atoms. The highest BCUT2D eigenvalue weighted by Gasteiger charge is 2.24. The summed E-state index contributed by atoms with van der Waals surface area (Å²) in [6, 6.07) is 3.52. The van der Waals surface area contributed by atoms with Crippen molar-refractivity contribution in [2.45, 2.75) is 44.4 Å². The maximum absolute atomic E-state index is 11.0. The number of nitro groups is 2. The number of aliphatic hydroxyl groups is 1. The Morgan fingerprint density at radius 2 is 1.90 bits per heavy atom. The van der Waals surface area contributed by atoms with Gasteiger partial charge in [0.15, 0.2) is 0 Å². The van der Waals surface area contributed by atoms with E-state index in [-0.39, 0.29) is 24.0 Å². The van der Waals surface area contributed by atoms with Gasteiger partial charge in [-0.25, -0.2) is 0 Å². The predicted octanol–water partition coefficient (Wildman–Crippen LogP) is 1.90. The van der Waals surface area contributed by atoms with E-state index >= 15 is 0 Å².